The molecule has 6 heteroatoms. The number of ether oxygens (including phenoxy) is 1. The predicted molar refractivity (Wildman–Crippen MR) is 103 cm³/mol. The van der Waals surface area contributed by atoms with Crippen LogP contribution in [0.3, 0.4) is 0 Å². The zero-order valence-corrected chi connectivity index (χ0v) is 16.2. The van der Waals surface area contributed by atoms with E-state index in [-0.39, 0.29) is 0 Å². The molecule has 1 heterocycles. The molecular weight excluding hydrogens is 434 g/mol. The van der Waals surface area contributed by atoms with Gasteiger partial charge in [0.2, 0.25) is 0 Å². The number of halogens is 2. The van der Waals surface area contributed by atoms with E-state index in [1.165, 1.54) is 0 Å². The van der Waals surface area contributed by atoms with E-state index >= 15 is 0 Å². The number of benzene rings is 2. The number of aryl methyl sites for hydroxylation is 1. The van der Waals surface area contributed by atoms with Crippen LogP contribution in [0.5, 0.6) is 5.75 Å². The minimum atomic E-state index is 0.469. The Hall–Kier alpha value is -2.10. The standard InChI is InChI=1S/C18H13Br2N3O/c1-23-16-6-4-3-5-15(16)22-18(23)12(10-21)7-11-8-13(19)9-14(20)17(11)24-2/h3-9H,1-2H3/b12-7-. The van der Waals surface area contributed by atoms with Crippen LogP contribution < -0.4 is 4.74 Å². The van der Waals surface area contributed by atoms with Crippen LogP contribution in [0.25, 0.3) is 22.7 Å². The highest BCUT2D eigenvalue weighted by Gasteiger charge is 2.14. The third-order valence-corrected chi connectivity index (χ3v) is 4.74. The first-order valence-corrected chi connectivity index (χ1v) is 8.70. The van der Waals surface area contributed by atoms with Gasteiger partial charge in [-0.1, -0.05) is 28.1 Å². The van der Waals surface area contributed by atoms with Crippen LogP contribution in [0.1, 0.15) is 11.4 Å². The van der Waals surface area contributed by atoms with E-state index < -0.39 is 0 Å². The summed E-state index contributed by atoms with van der Waals surface area (Å²) >= 11 is 6.95. The van der Waals surface area contributed by atoms with E-state index in [0.717, 1.165) is 25.5 Å². The van der Waals surface area contributed by atoms with Gasteiger partial charge in [0, 0.05) is 17.1 Å². The summed E-state index contributed by atoms with van der Waals surface area (Å²) in [5.74, 6) is 1.29. The van der Waals surface area contributed by atoms with Crippen LogP contribution >= 0.6 is 31.9 Å². The van der Waals surface area contributed by atoms with E-state index in [4.69, 9.17) is 4.74 Å². The largest absolute Gasteiger partial charge is 0.495 e. The molecule has 3 aromatic rings. The smallest absolute Gasteiger partial charge is 0.151 e. The molecule has 0 saturated carbocycles. The van der Waals surface area contributed by atoms with Gasteiger partial charge in [0.25, 0.3) is 0 Å². The summed E-state index contributed by atoms with van der Waals surface area (Å²) in [5, 5.41) is 9.66. The molecule has 0 aliphatic rings. The maximum Gasteiger partial charge on any atom is 0.151 e. The number of rotatable bonds is 3. The van der Waals surface area contributed by atoms with Gasteiger partial charge < -0.3 is 9.30 Å². The van der Waals surface area contributed by atoms with Gasteiger partial charge in [-0.25, -0.2) is 4.98 Å². The fourth-order valence-corrected chi connectivity index (χ4v) is 4.01. The monoisotopic (exact) mass is 445 g/mol. The average molecular weight is 447 g/mol. The van der Waals surface area contributed by atoms with Crippen LogP contribution in [-0.2, 0) is 7.05 Å². The number of imidazole rings is 1. The van der Waals surface area contributed by atoms with Crippen molar-refractivity contribution >= 4 is 54.5 Å². The zero-order valence-electron chi connectivity index (χ0n) is 13.0. The number of fused-ring (bicyclic) bond motifs is 1. The van der Waals surface area contributed by atoms with Gasteiger partial charge in [-0.05, 0) is 46.3 Å². The van der Waals surface area contributed by atoms with Crippen LogP contribution in [0.15, 0.2) is 45.3 Å². The number of nitriles is 1. The van der Waals surface area contributed by atoms with Crippen molar-refractivity contribution in [3.63, 3.8) is 0 Å². The summed E-state index contributed by atoms with van der Waals surface area (Å²) < 4.78 is 9.08. The highest BCUT2D eigenvalue weighted by molar-refractivity contribution is 9.11. The van der Waals surface area contributed by atoms with Crippen molar-refractivity contribution in [2.75, 3.05) is 7.11 Å². The van der Waals surface area contributed by atoms with Gasteiger partial charge in [0.05, 0.1) is 28.2 Å². The van der Waals surface area contributed by atoms with E-state index in [2.05, 4.69) is 42.9 Å². The Kier molecular flexibility index (Phi) is 4.74. The van der Waals surface area contributed by atoms with Crippen molar-refractivity contribution in [3.8, 4) is 11.8 Å². The van der Waals surface area contributed by atoms with Crippen molar-refractivity contribution in [3.05, 3.63) is 56.7 Å². The number of methoxy groups -OCH3 is 1. The molecule has 3 rings (SSSR count). The van der Waals surface area contributed by atoms with E-state index in [1.54, 1.807) is 13.2 Å². The lowest BCUT2D eigenvalue weighted by Gasteiger charge is -2.09. The summed E-state index contributed by atoms with van der Waals surface area (Å²) in [4.78, 5) is 4.59. The lowest BCUT2D eigenvalue weighted by molar-refractivity contribution is 0.411. The van der Waals surface area contributed by atoms with Gasteiger partial charge in [-0.15, -0.1) is 0 Å². The number of para-hydroxylation sites is 2. The fraction of sp³-hybridized carbons (Fsp3) is 0.111. The molecule has 0 unspecified atom stereocenters. The Morgan fingerprint density at radius 1 is 1.29 bits per heavy atom. The molecule has 1 aromatic heterocycles. The van der Waals surface area contributed by atoms with Crippen LogP contribution in [0.4, 0.5) is 0 Å². The molecule has 0 saturated heterocycles. The van der Waals surface area contributed by atoms with E-state index in [9.17, 15) is 5.26 Å². The molecule has 0 amide bonds. The molecule has 4 nitrogen and oxygen atoms in total. The zero-order chi connectivity index (χ0) is 17.3. The van der Waals surface area contributed by atoms with Gasteiger partial charge in [-0.2, -0.15) is 5.26 Å². The molecule has 0 atom stereocenters. The van der Waals surface area contributed by atoms with Gasteiger partial charge in [-0.3, -0.25) is 0 Å². The van der Waals surface area contributed by atoms with Crippen molar-refractivity contribution in [2.45, 2.75) is 0 Å². The lowest BCUT2D eigenvalue weighted by Crippen LogP contribution is -1.97. The second kappa shape index (κ2) is 6.80. The summed E-state index contributed by atoms with van der Waals surface area (Å²) in [7, 11) is 3.51. The topological polar surface area (TPSA) is 50.8 Å². The van der Waals surface area contributed by atoms with Crippen molar-refractivity contribution in [1.29, 1.82) is 5.26 Å². The minimum absolute atomic E-state index is 0.469. The van der Waals surface area contributed by atoms with Crippen molar-refractivity contribution in [2.24, 2.45) is 7.05 Å². The maximum absolute atomic E-state index is 9.66. The summed E-state index contributed by atoms with van der Waals surface area (Å²) in [5.41, 5.74) is 3.11. The van der Waals surface area contributed by atoms with Gasteiger partial charge in [0.1, 0.15) is 11.8 Å². The number of allylic oxidation sites excluding steroid dienone is 1. The number of aromatic nitrogens is 2. The molecule has 24 heavy (non-hydrogen) atoms. The second-order valence-corrected chi connectivity index (χ2v) is 6.93. The minimum Gasteiger partial charge on any atom is -0.495 e. The number of nitrogens with zero attached hydrogens (tertiary/aromatic N) is 3. The van der Waals surface area contributed by atoms with Crippen LogP contribution in [0.2, 0.25) is 0 Å². The highest BCUT2D eigenvalue weighted by Crippen LogP contribution is 2.35. The van der Waals surface area contributed by atoms with Crippen molar-refractivity contribution in [1.82, 2.24) is 9.55 Å². The normalized spacial score (nSPS) is 11.5. The summed E-state index contributed by atoms with van der Waals surface area (Å²) in [6.45, 7) is 0. The SMILES string of the molecule is COc1c(Br)cc(Br)cc1/C=C(/C#N)c1nc2ccccc2n1C. The summed E-state index contributed by atoms with van der Waals surface area (Å²) in [6, 6.07) is 13.9. The maximum atomic E-state index is 9.66. The summed E-state index contributed by atoms with van der Waals surface area (Å²) in [6.07, 6.45) is 1.79. The molecular formula is C18H13Br2N3O. The Labute approximate surface area is 156 Å². The highest BCUT2D eigenvalue weighted by atomic mass is 79.9. The van der Waals surface area contributed by atoms with Crippen LogP contribution in [-0.4, -0.2) is 16.7 Å². The molecule has 2 aromatic carbocycles. The van der Waals surface area contributed by atoms with Gasteiger partial charge in [0.15, 0.2) is 5.82 Å². The van der Waals surface area contributed by atoms with Crippen molar-refractivity contribution < 1.29 is 4.74 Å². The molecule has 0 spiro atoms. The first-order valence-electron chi connectivity index (χ1n) is 7.11. The Morgan fingerprint density at radius 3 is 2.71 bits per heavy atom. The molecule has 120 valence electrons. The Morgan fingerprint density at radius 2 is 2.04 bits per heavy atom. The first kappa shape index (κ1) is 16.7. The van der Waals surface area contributed by atoms with Crippen LogP contribution in [0, 0.1) is 11.3 Å². The van der Waals surface area contributed by atoms with E-state index in [0.29, 0.717) is 17.1 Å². The quantitative estimate of drug-likeness (QED) is 0.521. The second-order valence-electron chi connectivity index (χ2n) is 5.16. The molecule has 0 radical (unpaired) electrons. The Bertz CT molecular complexity index is 999. The van der Waals surface area contributed by atoms with E-state index in [1.807, 2.05) is 48.0 Å². The third kappa shape index (κ3) is 2.97. The molecule has 0 N–H and O–H groups in total. The molecule has 0 aliphatic carbocycles. The first-order chi connectivity index (χ1) is 11.5. The van der Waals surface area contributed by atoms with Gasteiger partial charge >= 0.3 is 0 Å². The molecule has 0 bridgehead atoms. The Balaban J connectivity index is 2.21. The number of hydrogen-bond donors (Lipinski definition) is 0. The third-order valence-electron chi connectivity index (χ3n) is 3.69. The molecule has 0 aliphatic heterocycles. The predicted octanol–water partition coefficient (Wildman–Crippen LogP) is 5.17. The fourth-order valence-electron chi connectivity index (χ4n) is 2.59. The molecule has 0 fully saturated rings. The average Bonchev–Trinajstić information content (AvgIpc) is 2.89. The number of hydrogen-bond acceptors (Lipinski definition) is 3. The lowest BCUT2D eigenvalue weighted by atomic mass is 10.1.